The molecule has 0 amide bonds. The molecule has 0 radical (unpaired) electrons. The molecule has 5 nitrogen and oxygen atoms in total. The molecule has 1 N–H and O–H groups in total. The Labute approximate surface area is 146 Å². The zero-order valence-electron chi connectivity index (χ0n) is 15.5. The second-order valence-electron chi connectivity index (χ2n) is 6.27. The molecule has 1 aromatic rings. The first-order chi connectivity index (χ1) is 11.5. The third kappa shape index (κ3) is 6.59. The molecule has 1 aromatic carbocycles. The smallest absolute Gasteiger partial charge is 0.182 e. The number of ether oxygens (including phenoxy) is 1. The van der Waals surface area contributed by atoms with Gasteiger partial charge in [-0.25, -0.2) is 0 Å². The van der Waals surface area contributed by atoms with Crippen molar-refractivity contribution in [2.75, 3.05) is 19.7 Å². The first-order valence-corrected chi connectivity index (χ1v) is 8.68. The molecule has 132 valence electrons. The maximum absolute atomic E-state index is 8.98. The van der Waals surface area contributed by atoms with E-state index < -0.39 is 0 Å². The van der Waals surface area contributed by atoms with Gasteiger partial charge in [0.1, 0.15) is 11.6 Å². The van der Waals surface area contributed by atoms with Crippen LogP contribution in [0.1, 0.15) is 46.6 Å². The van der Waals surface area contributed by atoms with Crippen molar-refractivity contribution in [3.63, 3.8) is 0 Å². The number of aliphatic imine (C=N–C) groups is 1. The van der Waals surface area contributed by atoms with E-state index in [9.17, 15) is 0 Å². The predicted molar refractivity (Wildman–Crippen MR) is 99.4 cm³/mol. The van der Waals surface area contributed by atoms with Crippen LogP contribution in [0.25, 0.3) is 0 Å². The zero-order valence-corrected chi connectivity index (χ0v) is 15.5. The summed E-state index contributed by atoms with van der Waals surface area (Å²) in [5.74, 6) is 1.44. The summed E-state index contributed by atoms with van der Waals surface area (Å²) in [5, 5.41) is 11.7. The maximum atomic E-state index is 8.98. The number of benzene rings is 1. The highest BCUT2D eigenvalue weighted by molar-refractivity contribution is 5.99. The first kappa shape index (κ1) is 20.0. The number of rotatable bonds is 9. The van der Waals surface area contributed by atoms with E-state index in [0.717, 1.165) is 24.3 Å². The van der Waals surface area contributed by atoms with Crippen molar-refractivity contribution < 1.29 is 4.74 Å². The molecule has 0 heterocycles. The van der Waals surface area contributed by atoms with Gasteiger partial charge in [0.25, 0.3) is 0 Å². The Kier molecular flexibility index (Phi) is 8.88. The van der Waals surface area contributed by atoms with E-state index in [0.29, 0.717) is 31.1 Å². The van der Waals surface area contributed by atoms with E-state index in [1.165, 1.54) is 0 Å². The lowest BCUT2D eigenvalue weighted by Crippen LogP contribution is -2.39. The highest BCUT2D eigenvalue weighted by atomic mass is 16.5. The fourth-order valence-electron chi connectivity index (χ4n) is 2.57. The summed E-state index contributed by atoms with van der Waals surface area (Å²) >= 11 is 0. The van der Waals surface area contributed by atoms with Crippen molar-refractivity contribution in [2.45, 2.75) is 53.1 Å². The highest BCUT2D eigenvalue weighted by Crippen LogP contribution is 2.13. The minimum Gasteiger partial charge on any atom is -0.494 e. The topological polar surface area (TPSA) is 60.6 Å². The van der Waals surface area contributed by atoms with E-state index >= 15 is 0 Å². The fraction of sp³-hybridized carbons (Fsp3) is 0.579. The maximum Gasteiger partial charge on any atom is 0.182 e. The van der Waals surface area contributed by atoms with Crippen LogP contribution >= 0.6 is 0 Å². The van der Waals surface area contributed by atoms with Crippen LogP contribution in [0, 0.1) is 11.5 Å². The molecule has 0 fully saturated rings. The number of amidine groups is 1. The van der Waals surface area contributed by atoms with Crippen molar-refractivity contribution >= 4 is 5.84 Å². The first-order valence-electron chi connectivity index (χ1n) is 8.68. The molecule has 0 saturated heterocycles. The molecule has 0 aliphatic heterocycles. The van der Waals surface area contributed by atoms with Crippen molar-refractivity contribution in [3.05, 3.63) is 29.8 Å². The average Bonchev–Trinajstić information content (AvgIpc) is 2.55. The summed E-state index contributed by atoms with van der Waals surface area (Å²) in [6, 6.07) is 8.63. The Bertz CT molecular complexity index is 535. The number of nitrogens with zero attached hydrogens (tertiary/aromatic N) is 3. The molecule has 0 unspecified atom stereocenters. The van der Waals surface area contributed by atoms with Gasteiger partial charge >= 0.3 is 0 Å². The molecule has 24 heavy (non-hydrogen) atoms. The average molecular weight is 330 g/mol. The van der Waals surface area contributed by atoms with E-state index in [4.69, 9.17) is 10.00 Å². The summed E-state index contributed by atoms with van der Waals surface area (Å²) in [7, 11) is 0. The van der Waals surface area contributed by atoms with Gasteiger partial charge in [0.15, 0.2) is 6.19 Å². The van der Waals surface area contributed by atoms with Crippen LogP contribution in [0.4, 0.5) is 0 Å². The molecule has 1 rings (SSSR count). The molecule has 0 saturated carbocycles. The summed E-state index contributed by atoms with van der Waals surface area (Å²) < 4.78 is 5.58. The Balaban J connectivity index is 2.76. The van der Waals surface area contributed by atoms with Gasteiger partial charge in [-0.15, -0.1) is 0 Å². The fourth-order valence-corrected chi connectivity index (χ4v) is 2.57. The van der Waals surface area contributed by atoms with Gasteiger partial charge in [-0.3, -0.25) is 15.2 Å². The SMILES string of the molecule is CCCOc1ccc(C(=NCCN(C(C)C)C(C)C)NC#N)cc1. The molecule has 0 aromatic heterocycles. The van der Waals surface area contributed by atoms with Gasteiger partial charge in [-0.05, 0) is 58.4 Å². The summed E-state index contributed by atoms with van der Waals surface area (Å²) in [6.45, 7) is 13.0. The van der Waals surface area contributed by atoms with Crippen LogP contribution in [0.5, 0.6) is 5.75 Å². The second kappa shape index (κ2) is 10.7. The van der Waals surface area contributed by atoms with Gasteiger partial charge in [-0.2, -0.15) is 5.26 Å². The van der Waals surface area contributed by atoms with Crippen molar-refractivity contribution in [1.82, 2.24) is 10.2 Å². The van der Waals surface area contributed by atoms with Crippen LogP contribution in [0.3, 0.4) is 0 Å². The van der Waals surface area contributed by atoms with Crippen molar-refractivity contribution in [1.29, 1.82) is 5.26 Å². The third-order valence-electron chi connectivity index (χ3n) is 3.73. The molecule has 0 bridgehead atoms. The summed E-state index contributed by atoms with van der Waals surface area (Å²) in [4.78, 5) is 6.96. The van der Waals surface area contributed by atoms with Crippen LogP contribution in [-0.4, -0.2) is 42.5 Å². The van der Waals surface area contributed by atoms with Gasteiger partial charge in [-0.1, -0.05) is 6.92 Å². The largest absolute Gasteiger partial charge is 0.494 e. The van der Waals surface area contributed by atoms with Crippen LogP contribution in [0.2, 0.25) is 0 Å². The number of nitriles is 1. The molecule has 5 heteroatoms. The monoisotopic (exact) mass is 330 g/mol. The molecular formula is C19H30N4O. The number of nitrogens with one attached hydrogen (secondary N) is 1. The van der Waals surface area contributed by atoms with Crippen LogP contribution in [0.15, 0.2) is 29.3 Å². The number of hydrogen-bond donors (Lipinski definition) is 1. The lowest BCUT2D eigenvalue weighted by Gasteiger charge is -2.29. The van der Waals surface area contributed by atoms with E-state index in [1.807, 2.05) is 30.5 Å². The lowest BCUT2D eigenvalue weighted by molar-refractivity contribution is 0.181. The van der Waals surface area contributed by atoms with E-state index in [1.54, 1.807) is 0 Å². The van der Waals surface area contributed by atoms with Crippen molar-refractivity contribution in [3.8, 4) is 11.9 Å². The standard InChI is InChI=1S/C19H30N4O/c1-6-13-24-18-9-7-17(8-10-18)19(22-14-20)21-11-12-23(15(2)3)16(4)5/h7-10,15-16H,6,11-13H2,1-5H3,(H,21,22). The van der Waals surface area contributed by atoms with Gasteiger partial charge in [0.05, 0.1) is 13.2 Å². The molecule has 0 spiro atoms. The van der Waals surface area contributed by atoms with Crippen LogP contribution in [-0.2, 0) is 0 Å². The Morgan fingerprint density at radius 2 is 1.83 bits per heavy atom. The number of hydrogen-bond acceptors (Lipinski definition) is 4. The Morgan fingerprint density at radius 3 is 2.33 bits per heavy atom. The predicted octanol–water partition coefficient (Wildman–Crippen LogP) is 3.41. The normalized spacial score (nSPS) is 11.9. The van der Waals surface area contributed by atoms with Crippen LogP contribution < -0.4 is 10.1 Å². The van der Waals surface area contributed by atoms with Gasteiger partial charge in [0, 0.05) is 24.2 Å². The second-order valence-corrected chi connectivity index (χ2v) is 6.27. The Morgan fingerprint density at radius 1 is 1.21 bits per heavy atom. The third-order valence-corrected chi connectivity index (χ3v) is 3.73. The molecular weight excluding hydrogens is 300 g/mol. The van der Waals surface area contributed by atoms with Crippen molar-refractivity contribution in [2.24, 2.45) is 4.99 Å². The Hall–Kier alpha value is -2.06. The quantitative estimate of drug-likeness (QED) is 0.326. The lowest BCUT2D eigenvalue weighted by atomic mass is 10.2. The minimum atomic E-state index is 0.475. The summed E-state index contributed by atoms with van der Waals surface area (Å²) in [5.41, 5.74) is 0.890. The molecule has 0 atom stereocenters. The summed E-state index contributed by atoms with van der Waals surface area (Å²) in [6.07, 6.45) is 2.95. The molecule has 0 aliphatic rings. The van der Waals surface area contributed by atoms with E-state index in [-0.39, 0.29) is 0 Å². The molecule has 0 aliphatic carbocycles. The zero-order chi connectivity index (χ0) is 17.9. The van der Waals surface area contributed by atoms with Gasteiger partial charge < -0.3 is 4.74 Å². The van der Waals surface area contributed by atoms with E-state index in [2.05, 4.69) is 49.8 Å². The minimum absolute atomic E-state index is 0.475. The van der Waals surface area contributed by atoms with Gasteiger partial charge in [0.2, 0.25) is 0 Å². The highest BCUT2D eigenvalue weighted by Gasteiger charge is 2.12.